The van der Waals surface area contributed by atoms with E-state index in [1.165, 1.54) is 37.8 Å². The molecule has 0 aliphatic carbocycles. The van der Waals surface area contributed by atoms with E-state index in [1.807, 2.05) is 0 Å². The predicted octanol–water partition coefficient (Wildman–Crippen LogP) is 5.81. The van der Waals surface area contributed by atoms with Crippen LogP contribution in [0.25, 0.3) is 0 Å². The monoisotopic (exact) mass is 950 g/mol. The van der Waals surface area contributed by atoms with Crippen LogP contribution in [0, 0.1) is 17.8 Å². The van der Waals surface area contributed by atoms with Crippen LogP contribution in [0.5, 0.6) is 0 Å². The Bertz CT molecular complexity index is 1440. The number of hydrogen-bond acceptors (Lipinski definition) is 18. The number of hydrogen-bond donors (Lipinski definition) is 2. The van der Waals surface area contributed by atoms with Crippen LogP contribution in [0.3, 0.4) is 0 Å². The third-order valence-electron chi connectivity index (χ3n) is 9.08. The number of rotatable bonds is 36. The molecule has 0 bridgehead atoms. The maximum Gasteiger partial charge on any atom is 0.347 e. The maximum absolute atomic E-state index is 13.4. The molecule has 20 heteroatoms. The van der Waals surface area contributed by atoms with Gasteiger partial charge in [0.05, 0.1) is 44.0 Å². The molecule has 0 aromatic heterocycles. The van der Waals surface area contributed by atoms with E-state index in [0.717, 1.165) is 18.5 Å². The molecule has 0 radical (unpaired) electrons. The van der Waals surface area contributed by atoms with Crippen LogP contribution in [0.15, 0.2) is 25.3 Å². The minimum absolute atomic E-state index is 0.0542. The Morgan fingerprint density at radius 2 is 1.16 bits per heavy atom. The molecule has 362 valence electrons. The van der Waals surface area contributed by atoms with E-state index in [-0.39, 0.29) is 63.2 Å². The molecule has 0 aromatic rings. The van der Waals surface area contributed by atoms with Gasteiger partial charge in [-0.05, 0) is 57.5 Å². The molecule has 6 unspecified atom stereocenters. The number of aliphatic hydroxyl groups excluding tert-OH is 2. The van der Waals surface area contributed by atoms with Crippen LogP contribution < -0.4 is 0 Å². The highest BCUT2D eigenvalue weighted by Gasteiger charge is 2.34. The number of thioether (sulfide) groups is 1. The van der Waals surface area contributed by atoms with Crippen molar-refractivity contribution in [2.45, 2.75) is 142 Å². The van der Waals surface area contributed by atoms with Gasteiger partial charge in [0.2, 0.25) is 6.29 Å². The first-order chi connectivity index (χ1) is 29.6. The van der Waals surface area contributed by atoms with Crippen molar-refractivity contribution in [3.8, 4) is 0 Å². The zero-order chi connectivity index (χ0) is 48.0. The van der Waals surface area contributed by atoms with Gasteiger partial charge in [-0.2, -0.15) is 11.8 Å². The summed E-state index contributed by atoms with van der Waals surface area (Å²) in [4.78, 5) is 89.1. The molecule has 17 nitrogen and oxygen atoms in total. The van der Waals surface area contributed by atoms with E-state index in [1.54, 1.807) is 6.92 Å². The van der Waals surface area contributed by atoms with Crippen LogP contribution in [0.1, 0.15) is 85.5 Å². The second-order valence-corrected chi connectivity index (χ2v) is 26.4. The molecule has 6 atom stereocenters. The van der Waals surface area contributed by atoms with Gasteiger partial charge in [-0.15, -0.1) is 13.2 Å². The number of esters is 7. The summed E-state index contributed by atoms with van der Waals surface area (Å²) in [5.74, 6) is -7.50. The minimum atomic E-state index is -1.93. The van der Waals surface area contributed by atoms with Gasteiger partial charge in [0.15, 0.2) is 22.7 Å². The Balaban J connectivity index is 5.87. The van der Waals surface area contributed by atoms with Gasteiger partial charge >= 0.3 is 41.8 Å². The van der Waals surface area contributed by atoms with Gasteiger partial charge < -0.3 is 47.5 Å². The SMILES string of the molecule is C=CCCC(=O)OC(CC(C)C(=O)OC(COC(=O)C(C)CC(OC(=O)CCC=C)C(=O)OCCO)CSCC(C)C(=O)OCCC[Si](C)(C)O[Si](C)(C)CCC)OC(=O)CCO. The Labute approximate surface area is 379 Å². The summed E-state index contributed by atoms with van der Waals surface area (Å²) in [5.41, 5.74) is 0. The predicted molar refractivity (Wildman–Crippen MR) is 241 cm³/mol. The smallest absolute Gasteiger partial charge is 0.347 e. The molecule has 0 aliphatic heterocycles. The zero-order valence-electron chi connectivity index (χ0n) is 38.7. The zero-order valence-corrected chi connectivity index (χ0v) is 41.5. The van der Waals surface area contributed by atoms with Crippen LogP contribution >= 0.6 is 11.8 Å². The van der Waals surface area contributed by atoms with E-state index < -0.39 is 114 Å². The van der Waals surface area contributed by atoms with Crippen molar-refractivity contribution in [1.29, 1.82) is 0 Å². The van der Waals surface area contributed by atoms with Gasteiger partial charge in [-0.3, -0.25) is 28.8 Å². The molecule has 0 spiro atoms. The molecule has 2 N–H and O–H groups in total. The Morgan fingerprint density at radius 1 is 0.619 bits per heavy atom. The lowest BCUT2D eigenvalue weighted by Gasteiger charge is -2.34. The molecule has 0 rings (SSSR count). The van der Waals surface area contributed by atoms with Crippen LogP contribution in [0.2, 0.25) is 38.3 Å². The quantitative estimate of drug-likeness (QED) is 0.0188. The lowest BCUT2D eigenvalue weighted by Crippen LogP contribution is -2.44. The fraction of sp³-hybridized carbons (Fsp3) is 0.744. The van der Waals surface area contributed by atoms with Crippen molar-refractivity contribution < 1.29 is 81.0 Å². The molecule has 63 heavy (non-hydrogen) atoms. The molecule has 0 fully saturated rings. The summed E-state index contributed by atoms with van der Waals surface area (Å²) in [6.45, 7) is 21.2. The Morgan fingerprint density at radius 3 is 1.73 bits per heavy atom. The van der Waals surface area contributed by atoms with Gasteiger partial charge in [0, 0.05) is 37.2 Å². The van der Waals surface area contributed by atoms with Crippen LogP contribution in [0.4, 0.5) is 0 Å². The highest BCUT2D eigenvalue weighted by atomic mass is 32.2. The summed E-state index contributed by atoms with van der Waals surface area (Å²) in [5, 5.41) is 18.2. The topological polar surface area (TPSA) is 234 Å². The lowest BCUT2D eigenvalue weighted by atomic mass is 10.0. The summed E-state index contributed by atoms with van der Waals surface area (Å²) < 4.78 is 44.2. The molecular formula is C43H74O17SSi2. The molecule has 0 heterocycles. The van der Waals surface area contributed by atoms with Crippen LogP contribution in [-0.2, 0) is 70.8 Å². The molecular weight excluding hydrogens is 877 g/mol. The number of carbonyl (C=O) groups is 7. The maximum atomic E-state index is 13.4. The van der Waals surface area contributed by atoms with E-state index in [2.05, 4.69) is 46.3 Å². The summed E-state index contributed by atoms with van der Waals surface area (Å²) in [6, 6.07) is 1.94. The molecule has 0 amide bonds. The minimum Gasteiger partial charge on any atom is -0.465 e. The highest BCUT2D eigenvalue weighted by molar-refractivity contribution is 7.99. The summed E-state index contributed by atoms with van der Waals surface area (Å²) >= 11 is 1.25. The van der Waals surface area contributed by atoms with Crippen molar-refractivity contribution in [3.05, 3.63) is 25.3 Å². The first-order valence-electron chi connectivity index (χ1n) is 21.6. The van der Waals surface area contributed by atoms with Crippen molar-refractivity contribution in [1.82, 2.24) is 0 Å². The third kappa shape index (κ3) is 28.8. The van der Waals surface area contributed by atoms with E-state index >= 15 is 0 Å². The van der Waals surface area contributed by atoms with Crippen molar-refractivity contribution in [3.63, 3.8) is 0 Å². The number of allylic oxidation sites excluding steroid dienone is 2. The average Bonchev–Trinajstić information content (AvgIpc) is 3.20. The Hall–Kier alpha value is -3.57. The fourth-order valence-corrected chi connectivity index (χ4v) is 16.0. The number of ether oxygens (including phenoxy) is 7. The van der Waals surface area contributed by atoms with Gasteiger partial charge in [0.1, 0.15) is 19.3 Å². The first-order valence-corrected chi connectivity index (χ1v) is 29.0. The fourth-order valence-electron chi connectivity index (χ4n) is 5.94. The highest BCUT2D eigenvalue weighted by Crippen LogP contribution is 2.24. The molecule has 0 aromatic carbocycles. The summed E-state index contributed by atoms with van der Waals surface area (Å²) in [6.07, 6.45) is 0.236. The van der Waals surface area contributed by atoms with Crippen molar-refractivity contribution >= 4 is 70.2 Å². The van der Waals surface area contributed by atoms with E-state index in [4.69, 9.17) is 47.5 Å². The number of carbonyl (C=O) groups excluding carboxylic acids is 7. The third-order valence-corrected chi connectivity index (χ3v) is 18.1. The molecule has 0 aliphatic rings. The van der Waals surface area contributed by atoms with E-state index in [0.29, 0.717) is 12.8 Å². The van der Waals surface area contributed by atoms with Crippen molar-refractivity contribution in [2.75, 3.05) is 44.5 Å². The molecule has 0 saturated heterocycles. The lowest BCUT2D eigenvalue weighted by molar-refractivity contribution is -0.193. The summed E-state index contributed by atoms with van der Waals surface area (Å²) in [7, 11) is -3.68. The van der Waals surface area contributed by atoms with Gasteiger partial charge in [-0.1, -0.05) is 46.3 Å². The Kier molecular flexibility index (Phi) is 31.1. The molecule has 0 saturated carbocycles. The van der Waals surface area contributed by atoms with Gasteiger partial charge in [0.25, 0.3) is 0 Å². The second kappa shape index (κ2) is 33.0. The second-order valence-electron chi connectivity index (χ2n) is 16.5. The van der Waals surface area contributed by atoms with Gasteiger partial charge in [-0.25, -0.2) is 4.79 Å². The first kappa shape index (κ1) is 59.4. The van der Waals surface area contributed by atoms with Crippen LogP contribution in [-0.4, -0.2) is 132 Å². The average molecular weight is 951 g/mol. The number of aliphatic hydroxyl groups is 2. The largest absolute Gasteiger partial charge is 0.465 e. The van der Waals surface area contributed by atoms with Crippen molar-refractivity contribution in [2.24, 2.45) is 17.8 Å². The normalized spacial score (nSPS) is 14.4. The van der Waals surface area contributed by atoms with E-state index in [9.17, 15) is 33.6 Å². The standard InChI is InChI=1S/C43H74O17SSi2/c1-11-14-17-36(46)57-35(43(52)54-23-21-45)26-31(4)40(49)55-28-34(56-42(51)32(5)27-39(59-38(48)19-20-44)58-37(47)18-15-12-2)30-61-29-33(6)41(50)53-22-16-25-63(9,10)60-62(7,8)24-13-3/h11-12,31-35,39,44-45H,1-2,13-30H2,3-10H3.